The van der Waals surface area contributed by atoms with Gasteiger partial charge in [0.05, 0.1) is 20.0 Å². The molecule has 1 saturated heterocycles. The Kier molecular flexibility index (Phi) is 9.64. The van der Waals surface area contributed by atoms with Crippen LogP contribution in [0.3, 0.4) is 0 Å². The maximum absolute atomic E-state index is 13.8. The molecule has 0 bridgehead atoms. The lowest BCUT2D eigenvalue weighted by atomic mass is 9.89. The minimum Gasteiger partial charge on any atom is -0.480 e. The minimum absolute atomic E-state index is 0.0663. The molecule has 230 valence electrons. The number of nitrogens with two attached hydrogens (primary N) is 1. The normalized spacial score (nSPS) is 26.0. The standard InChI is InChI=1S/C23H38N7O10P/c1-11(18(32)33)28-41(37,29-12(19(34)35)7-8-22(2,3)4)39-9-13-15(31)23(5,36)20(40-13)30-10-25-14-16(30)26-21(24)27-17(14)38-6/h10-13,15,20,31,36H,7-9H2,1-6H3,(H,32,33)(H,34,35)(H2,24,26,27)(H2,28,29,37)/t11-,12-,13-,15-,20-,23-,41?/m1/s1. The number of hydrogen-bond donors (Lipinski definition) is 7. The van der Waals surface area contributed by atoms with Crippen LogP contribution in [0, 0.1) is 5.41 Å². The van der Waals surface area contributed by atoms with Gasteiger partial charge in [0.2, 0.25) is 11.8 Å². The fourth-order valence-electron chi connectivity index (χ4n) is 4.22. The third kappa shape index (κ3) is 7.48. The number of nitrogens with zero attached hydrogens (tertiary/aromatic N) is 4. The molecule has 0 saturated carbocycles. The van der Waals surface area contributed by atoms with Crippen LogP contribution in [0.5, 0.6) is 5.88 Å². The van der Waals surface area contributed by atoms with E-state index in [2.05, 4.69) is 25.1 Å². The summed E-state index contributed by atoms with van der Waals surface area (Å²) in [5.41, 5.74) is 3.93. The number of nitrogens with one attached hydrogen (secondary N) is 2. The highest BCUT2D eigenvalue weighted by atomic mass is 31.2. The average molecular weight is 604 g/mol. The molecule has 18 heteroatoms. The fourth-order valence-corrected chi connectivity index (χ4v) is 6.08. The Hall–Kier alpha value is -2.92. The predicted molar refractivity (Wildman–Crippen MR) is 144 cm³/mol. The number of aliphatic hydroxyl groups is 2. The van der Waals surface area contributed by atoms with Crippen LogP contribution in [-0.2, 0) is 23.4 Å². The van der Waals surface area contributed by atoms with E-state index in [9.17, 15) is 34.6 Å². The number of imidazole rings is 1. The van der Waals surface area contributed by atoms with Crippen LogP contribution in [0.15, 0.2) is 6.33 Å². The van der Waals surface area contributed by atoms with Crippen molar-refractivity contribution in [3.8, 4) is 5.88 Å². The quantitative estimate of drug-likeness (QED) is 0.154. The van der Waals surface area contributed by atoms with Crippen LogP contribution >= 0.6 is 7.67 Å². The number of nitrogen functional groups attached to an aromatic ring is 1. The number of fused-ring (bicyclic) bond motifs is 1. The van der Waals surface area contributed by atoms with Gasteiger partial charge in [-0.2, -0.15) is 9.97 Å². The van der Waals surface area contributed by atoms with E-state index in [1.54, 1.807) is 0 Å². The van der Waals surface area contributed by atoms with Gasteiger partial charge < -0.3 is 40.2 Å². The molecule has 7 atom stereocenters. The Morgan fingerprint density at radius 3 is 2.49 bits per heavy atom. The molecule has 0 aliphatic carbocycles. The summed E-state index contributed by atoms with van der Waals surface area (Å²) < 4.78 is 31.7. The topological polar surface area (TPSA) is 253 Å². The van der Waals surface area contributed by atoms with Crippen molar-refractivity contribution in [3.05, 3.63) is 6.33 Å². The van der Waals surface area contributed by atoms with Crippen molar-refractivity contribution in [3.63, 3.8) is 0 Å². The van der Waals surface area contributed by atoms with E-state index in [-0.39, 0.29) is 34.8 Å². The Morgan fingerprint density at radius 1 is 1.27 bits per heavy atom. The largest absolute Gasteiger partial charge is 0.480 e. The summed E-state index contributed by atoms with van der Waals surface area (Å²) in [7, 11) is -3.02. The van der Waals surface area contributed by atoms with Crippen LogP contribution < -0.4 is 20.6 Å². The highest BCUT2D eigenvalue weighted by Gasteiger charge is 2.54. The predicted octanol–water partition coefficient (Wildman–Crippen LogP) is 0.483. The van der Waals surface area contributed by atoms with E-state index in [0.29, 0.717) is 6.42 Å². The number of aromatic nitrogens is 4. The Bertz CT molecular complexity index is 1310. The van der Waals surface area contributed by atoms with Crippen LogP contribution in [0.4, 0.5) is 5.95 Å². The van der Waals surface area contributed by atoms with Gasteiger partial charge in [-0.3, -0.25) is 18.7 Å². The molecule has 0 aromatic carbocycles. The molecule has 17 nitrogen and oxygen atoms in total. The van der Waals surface area contributed by atoms with Gasteiger partial charge in [0.15, 0.2) is 17.4 Å². The van der Waals surface area contributed by atoms with Crippen molar-refractivity contribution in [2.45, 2.75) is 83.6 Å². The van der Waals surface area contributed by atoms with Crippen LogP contribution in [0.25, 0.3) is 11.2 Å². The van der Waals surface area contributed by atoms with Crippen LogP contribution in [0.1, 0.15) is 53.7 Å². The van der Waals surface area contributed by atoms with Crippen molar-refractivity contribution in [2.75, 3.05) is 19.5 Å². The first-order chi connectivity index (χ1) is 18.9. The van der Waals surface area contributed by atoms with Crippen molar-refractivity contribution in [1.29, 1.82) is 0 Å². The van der Waals surface area contributed by atoms with Gasteiger partial charge in [0.1, 0.15) is 29.9 Å². The highest BCUT2D eigenvalue weighted by molar-refractivity contribution is 7.54. The average Bonchev–Trinajstić information content (AvgIpc) is 3.37. The zero-order chi connectivity index (χ0) is 30.9. The second-order valence-corrected chi connectivity index (χ2v) is 13.1. The first kappa shape index (κ1) is 32.6. The molecule has 2 aromatic heterocycles. The molecular weight excluding hydrogens is 565 g/mol. The van der Waals surface area contributed by atoms with E-state index in [1.807, 2.05) is 20.8 Å². The highest BCUT2D eigenvalue weighted by Crippen LogP contribution is 2.44. The number of ether oxygens (including phenoxy) is 2. The maximum atomic E-state index is 13.8. The summed E-state index contributed by atoms with van der Waals surface area (Å²) in [6.45, 7) is 7.61. The summed E-state index contributed by atoms with van der Waals surface area (Å²) >= 11 is 0. The Balaban J connectivity index is 1.86. The number of anilines is 1. The molecule has 0 radical (unpaired) electrons. The van der Waals surface area contributed by atoms with E-state index >= 15 is 0 Å². The molecule has 1 aliphatic heterocycles. The fraction of sp³-hybridized carbons (Fsp3) is 0.696. The molecule has 3 rings (SSSR count). The minimum atomic E-state index is -4.39. The number of rotatable bonds is 13. The van der Waals surface area contributed by atoms with E-state index in [4.69, 9.17) is 19.7 Å². The van der Waals surface area contributed by atoms with E-state index in [0.717, 1.165) is 0 Å². The first-order valence-corrected chi connectivity index (χ1v) is 14.4. The second-order valence-electron chi connectivity index (χ2n) is 11.3. The summed E-state index contributed by atoms with van der Waals surface area (Å²) in [6, 6.07) is -2.75. The molecule has 3 heterocycles. The molecule has 8 N–H and O–H groups in total. The van der Waals surface area contributed by atoms with Gasteiger partial charge in [0.25, 0.3) is 0 Å². The molecule has 1 unspecified atom stereocenters. The SMILES string of the molecule is COc1nc(N)nc2c1ncn2[C@@H]1O[C@H](COP(=O)(N[C@H](C)C(=O)O)N[C@H](CCC(C)(C)C)C(=O)O)[C@@H](O)[C@@]1(C)O. The van der Waals surface area contributed by atoms with Gasteiger partial charge in [-0.05, 0) is 32.1 Å². The number of carbonyl (C=O) groups is 2. The monoisotopic (exact) mass is 603 g/mol. The van der Waals surface area contributed by atoms with Gasteiger partial charge in [-0.25, -0.2) is 15.2 Å². The van der Waals surface area contributed by atoms with Gasteiger partial charge >= 0.3 is 19.6 Å². The lowest BCUT2D eigenvalue weighted by molar-refractivity contribution is -0.139. The molecule has 1 aliphatic rings. The van der Waals surface area contributed by atoms with Crippen molar-refractivity contribution in [2.24, 2.45) is 5.41 Å². The summed E-state index contributed by atoms with van der Waals surface area (Å²) in [5, 5.41) is 46.0. The smallest absolute Gasteiger partial charge is 0.342 e. The van der Waals surface area contributed by atoms with E-state index in [1.165, 1.54) is 31.9 Å². The number of carboxylic acid groups (broad SMARTS) is 2. The lowest BCUT2D eigenvalue weighted by Crippen LogP contribution is -2.45. The molecule has 2 aromatic rings. The Morgan fingerprint density at radius 2 is 1.93 bits per heavy atom. The number of carboxylic acids is 2. The Labute approximate surface area is 236 Å². The van der Waals surface area contributed by atoms with Crippen molar-refractivity contribution in [1.82, 2.24) is 29.7 Å². The summed E-state index contributed by atoms with van der Waals surface area (Å²) in [6.07, 6.45) is -2.40. The molecule has 0 spiro atoms. The maximum Gasteiger partial charge on any atom is 0.342 e. The molecular formula is C23H38N7O10P. The van der Waals surface area contributed by atoms with Gasteiger partial charge in [-0.15, -0.1) is 0 Å². The van der Waals surface area contributed by atoms with Gasteiger partial charge in [-0.1, -0.05) is 20.8 Å². The molecule has 0 amide bonds. The van der Waals surface area contributed by atoms with E-state index < -0.39 is 62.3 Å². The number of aliphatic hydroxyl groups excluding tert-OH is 1. The first-order valence-electron chi connectivity index (χ1n) is 12.7. The number of aliphatic carboxylic acids is 2. The van der Waals surface area contributed by atoms with Crippen LogP contribution in [0.2, 0.25) is 0 Å². The molecule has 41 heavy (non-hydrogen) atoms. The van der Waals surface area contributed by atoms with Gasteiger partial charge in [0, 0.05) is 0 Å². The second kappa shape index (κ2) is 12.1. The van der Waals surface area contributed by atoms with Crippen molar-refractivity contribution < 1.29 is 48.6 Å². The van der Waals surface area contributed by atoms with Crippen molar-refractivity contribution >= 4 is 36.7 Å². The van der Waals surface area contributed by atoms with Crippen LogP contribution in [-0.4, -0.2) is 95.5 Å². The third-order valence-corrected chi connectivity index (χ3v) is 8.46. The molecule has 1 fully saturated rings. The number of methoxy groups -OCH3 is 1. The zero-order valence-corrected chi connectivity index (χ0v) is 24.5. The summed E-state index contributed by atoms with van der Waals surface area (Å²) in [5.74, 6) is -2.73. The summed E-state index contributed by atoms with van der Waals surface area (Å²) in [4.78, 5) is 35.7. The number of hydrogen-bond acceptors (Lipinski definition) is 12. The lowest BCUT2D eigenvalue weighted by Gasteiger charge is -2.29. The third-order valence-electron chi connectivity index (χ3n) is 6.57. The zero-order valence-electron chi connectivity index (χ0n) is 23.6.